The summed E-state index contributed by atoms with van der Waals surface area (Å²) >= 11 is 0. The molecule has 0 bridgehead atoms. The highest BCUT2D eigenvalue weighted by atomic mass is 16.6. The van der Waals surface area contributed by atoms with E-state index in [1.165, 1.54) is 6.07 Å². The molecule has 0 radical (unpaired) electrons. The summed E-state index contributed by atoms with van der Waals surface area (Å²) in [5.41, 5.74) is 5.31. The van der Waals surface area contributed by atoms with Gasteiger partial charge in [-0.15, -0.1) is 0 Å². The van der Waals surface area contributed by atoms with E-state index in [0.29, 0.717) is 6.61 Å². The minimum absolute atomic E-state index is 0.157. The molecule has 1 aromatic rings. The number of nitrogen functional groups attached to an aromatic ring is 1. The molecule has 0 unspecified atom stereocenters. The Morgan fingerprint density at radius 3 is 2.93 bits per heavy atom. The van der Waals surface area contributed by atoms with Gasteiger partial charge in [0.05, 0.1) is 12.7 Å². The lowest BCUT2D eigenvalue weighted by Crippen LogP contribution is -2.40. The van der Waals surface area contributed by atoms with Gasteiger partial charge in [0.2, 0.25) is 5.95 Å². The number of rotatable bonds is 1. The third-order valence-electron chi connectivity index (χ3n) is 2.83. The molecule has 0 aliphatic carbocycles. The van der Waals surface area contributed by atoms with Crippen molar-refractivity contribution in [1.29, 1.82) is 0 Å². The van der Waals surface area contributed by atoms with E-state index in [4.69, 9.17) is 15.2 Å². The number of nitrogens with two attached hydrogens (primary N) is 1. The average Bonchev–Trinajstić information content (AvgIpc) is 2.44. The summed E-state index contributed by atoms with van der Waals surface area (Å²) < 4.78 is 12.7. The zero-order chi connectivity index (χ0) is 10.4. The Morgan fingerprint density at radius 2 is 2.40 bits per heavy atom. The molecule has 2 N–H and O–H groups in total. The monoisotopic (exact) mass is 209 g/mol. The molecule has 80 valence electrons. The third kappa shape index (κ3) is 1.33. The maximum absolute atomic E-state index is 10.9. The zero-order valence-corrected chi connectivity index (χ0v) is 8.00. The van der Waals surface area contributed by atoms with Crippen molar-refractivity contribution in [2.75, 3.05) is 12.3 Å². The van der Waals surface area contributed by atoms with E-state index in [9.17, 15) is 4.79 Å². The number of fused-ring (bicyclic) bond motifs is 1. The van der Waals surface area contributed by atoms with Crippen LogP contribution in [0.25, 0.3) is 0 Å². The van der Waals surface area contributed by atoms with E-state index in [1.807, 2.05) is 0 Å². The SMILES string of the molecule is Nc1nc(=O)ccn1[C@H]1C[C@H]2OC[C@H]2O1. The fourth-order valence-corrected chi connectivity index (χ4v) is 1.96. The van der Waals surface area contributed by atoms with Gasteiger partial charge in [-0.3, -0.25) is 9.36 Å². The topological polar surface area (TPSA) is 79.4 Å². The summed E-state index contributed by atoms with van der Waals surface area (Å²) in [6.45, 7) is 0.648. The minimum Gasteiger partial charge on any atom is -0.372 e. The van der Waals surface area contributed by atoms with Gasteiger partial charge >= 0.3 is 0 Å². The van der Waals surface area contributed by atoms with Crippen LogP contribution in [0, 0.1) is 0 Å². The van der Waals surface area contributed by atoms with E-state index in [-0.39, 0.29) is 29.9 Å². The molecule has 2 fully saturated rings. The molecule has 0 amide bonds. The fourth-order valence-electron chi connectivity index (χ4n) is 1.96. The largest absolute Gasteiger partial charge is 0.372 e. The van der Waals surface area contributed by atoms with Gasteiger partial charge in [-0.05, 0) is 0 Å². The van der Waals surface area contributed by atoms with Crippen molar-refractivity contribution in [2.24, 2.45) is 0 Å². The first kappa shape index (κ1) is 8.87. The van der Waals surface area contributed by atoms with E-state index < -0.39 is 0 Å². The van der Waals surface area contributed by atoms with Gasteiger partial charge in [0, 0.05) is 18.7 Å². The first-order valence-corrected chi connectivity index (χ1v) is 4.86. The van der Waals surface area contributed by atoms with Gasteiger partial charge in [-0.25, -0.2) is 0 Å². The number of nitrogens with zero attached hydrogens (tertiary/aromatic N) is 2. The molecule has 2 aliphatic rings. The normalized spacial score (nSPS) is 33.5. The maximum Gasteiger partial charge on any atom is 0.274 e. The van der Waals surface area contributed by atoms with Crippen molar-refractivity contribution in [3.8, 4) is 0 Å². The van der Waals surface area contributed by atoms with Crippen molar-refractivity contribution in [2.45, 2.75) is 24.9 Å². The molecule has 3 heterocycles. The van der Waals surface area contributed by atoms with Crippen LogP contribution in [0.15, 0.2) is 17.1 Å². The summed E-state index contributed by atoms with van der Waals surface area (Å²) in [4.78, 5) is 14.6. The molecule has 3 rings (SSSR count). The molecule has 6 nitrogen and oxygen atoms in total. The highest BCUT2D eigenvalue weighted by molar-refractivity contribution is 5.17. The van der Waals surface area contributed by atoms with Crippen molar-refractivity contribution < 1.29 is 9.47 Å². The summed E-state index contributed by atoms with van der Waals surface area (Å²) in [6, 6.07) is 1.38. The lowest BCUT2D eigenvalue weighted by atomic mass is 10.1. The second-order valence-corrected chi connectivity index (χ2v) is 3.77. The standard InChI is InChI=1S/C9H11N3O3/c10-9-11-7(13)1-2-12(9)8-3-5-6(15-8)4-14-5/h1-2,5-6,8H,3-4H2,(H2,10,11,13)/t5-,6-,8-/m1/s1. The highest BCUT2D eigenvalue weighted by Crippen LogP contribution is 2.36. The Labute approximate surface area is 85.6 Å². The smallest absolute Gasteiger partial charge is 0.274 e. The van der Waals surface area contributed by atoms with E-state index >= 15 is 0 Å². The molecule has 1 aromatic heterocycles. The van der Waals surface area contributed by atoms with Gasteiger partial charge in [0.1, 0.15) is 12.3 Å². The fraction of sp³-hybridized carbons (Fsp3) is 0.556. The van der Waals surface area contributed by atoms with Gasteiger partial charge in [-0.2, -0.15) is 4.98 Å². The lowest BCUT2D eigenvalue weighted by Gasteiger charge is -2.28. The highest BCUT2D eigenvalue weighted by Gasteiger charge is 2.43. The Kier molecular flexibility index (Phi) is 1.80. The van der Waals surface area contributed by atoms with Crippen LogP contribution >= 0.6 is 0 Å². The number of anilines is 1. The second kappa shape index (κ2) is 3.04. The van der Waals surface area contributed by atoms with Gasteiger partial charge in [0.15, 0.2) is 0 Å². The van der Waals surface area contributed by atoms with E-state index in [0.717, 1.165) is 6.42 Å². The predicted molar refractivity (Wildman–Crippen MR) is 51.2 cm³/mol. The van der Waals surface area contributed by atoms with Crippen LogP contribution < -0.4 is 11.3 Å². The Balaban J connectivity index is 1.89. The number of ether oxygens (including phenoxy) is 2. The van der Waals surface area contributed by atoms with Crippen LogP contribution in [0.2, 0.25) is 0 Å². The summed E-state index contributed by atoms with van der Waals surface area (Å²) in [5.74, 6) is 0.189. The van der Waals surface area contributed by atoms with Crippen LogP contribution in [0.5, 0.6) is 0 Å². The van der Waals surface area contributed by atoms with Crippen molar-refractivity contribution >= 4 is 5.95 Å². The number of aromatic nitrogens is 2. The van der Waals surface area contributed by atoms with Crippen LogP contribution in [0.3, 0.4) is 0 Å². The lowest BCUT2D eigenvalue weighted by molar-refractivity contribution is -0.149. The first-order valence-electron chi connectivity index (χ1n) is 4.86. The summed E-state index contributed by atoms with van der Waals surface area (Å²) in [6.07, 6.45) is 2.57. The molecule has 0 aromatic carbocycles. The van der Waals surface area contributed by atoms with Gasteiger partial charge in [0.25, 0.3) is 5.56 Å². The molecule has 2 saturated heterocycles. The maximum atomic E-state index is 10.9. The second-order valence-electron chi connectivity index (χ2n) is 3.77. The number of hydrogen-bond acceptors (Lipinski definition) is 5. The zero-order valence-electron chi connectivity index (χ0n) is 8.00. The molecule has 3 atom stereocenters. The van der Waals surface area contributed by atoms with Crippen LogP contribution in [0.1, 0.15) is 12.6 Å². The van der Waals surface area contributed by atoms with Gasteiger partial charge in [-0.1, -0.05) is 0 Å². The Hall–Kier alpha value is -1.40. The Bertz CT molecular complexity index is 432. The first-order chi connectivity index (χ1) is 7.24. The molecule has 2 aliphatic heterocycles. The van der Waals surface area contributed by atoms with Crippen LogP contribution in [0.4, 0.5) is 5.95 Å². The number of hydrogen-bond donors (Lipinski definition) is 1. The third-order valence-corrected chi connectivity index (χ3v) is 2.83. The van der Waals surface area contributed by atoms with Crippen LogP contribution in [-0.2, 0) is 9.47 Å². The summed E-state index contributed by atoms with van der Waals surface area (Å²) in [7, 11) is 0. The minimum atomic E-state index is -0.332. The van der Waals surface area contributed by atoms with Crippen molar-refractivity contribution in [3.05, 3.63) is 22.6 Å². The van der Waals surface area contributed by atoms with E-state index in [2.05, 4.69) is 4.98 Å². The summed E-state index contributed by atoms with van der Waals surface area (Å²) in [5, 5.41) is 0. The van der Waals surface area contributed by atoms with Crippen molar-refractivity contribution in [3.63, 3.8) is 0 Å². The average molecular weight is 209 g/mol. The molecule has 15 heavy (non-hydrogen) atoms. The predicted octanol–water partition coefficient (Wildman–Crippen LogP) is -0.488. The van der Waals surface area contributed by atoms with Crippen LogP contribution in [-0.4, -0.2) is 28.4 Å². The molecule has 0 saturated carbocycles. The molecule has 0 spiro atoms. The Morgan fingerprint density at radius 1 is 1.53 bits per heavy atom. The molecular formula is C9H11N3O3. The molecule has 6 heteroatoms. The van der Waals surface area contributed by atoms with Crippen molar-refractivity contribution in [1.82, 2.24) is 9.55 Å². The molecular weight excluding hydrogens is 198 g/mol. The van der Waals surface area contributed by atoms with Gasteiger partial charge < -0.3 is 15.2 Å². The quantitative estimate of drug-likeness (QED) is 0.675. The van der Waals surface area contributed by atoms with E-state index in [1.54, 1.807) is 10.8 Å².